The van der Waals surface area contributed by atoms with Gasteiger partial charge in [0.2, 0.25) is 5.91 Å². The van der Waals surface area contributed by atoms with Crippen molar-refractivity contribution in [1.82, 2.24) is 10.6 Å². The molecule has 0 bridgehead atoms. The van der Waals surface area contributed by atoms with Crippen LogP contribution in [0.3, 0.4) is 0 Å². The Morgan fingerprint density at radius 2 is 2.33 bits per heavy atom. The van der Waals surface area contributed by atoms with Crippen molar-refractivity contribution in [1.29, 1.82) is 0 Å². The summed E-state index contributed by atoms with van der Waals surface area (Å²) < 4.78 is 1.93. The lowest BCUT2D eigenvalue weighted by Gasteiger charge is -2.10. The lowest BCUT2D eigenvalue weighted by Crippen LogP contribution is -2.38. The third kappa shape index (κ3) is 2.89. The second-order valence-electron chi connectivity index (χ2n) is 5.00. The molecule has 21 heavy (non-hydrogen) atoms. The van der Waals surface area contributed by atoms with Gasteiger partial charge >= 0.3 is 0 Å². The van der Waals surface area contributed by atoms with Crippen molar-refractivity contribution in [3.63, 3.8) is 0 Å². The van der Waals surface area contributed by atoms with Gasteiger partial charge in [0.1, 0.15) is 4.88 Å². The van der Waals surface area contributed by atoms with Gasteiger partial charge in [0.05, 0.1) is 5.69 Å². The van der Waals surface area contributed by atoms with Crippen LogP contribution in [-0.2, 0) is 4.79 Å². The molecule has 7 heteroatoms. The number of thiophene rings is 1. The molecule has 1 aliphatic heterocycles. The highest BCUT2D eigenvalue weighted by Gasteiger charge is 2.22. The lowest BCUT2D eigenvalue weighted by molar-refractivity contribution is -0.119. The van der Waals surface area contributed by atoms with E-state index in [4.69, 9.17) is 5.73 Å². The predicted molar refractivity (Wildman–Crippen MR) is 87.4 cm³/mol. The van der Waals surface area contributed by atoms with Crippen LogP contribution in [-0.4, -0.2) is 24.4 Å². The Hall–Kier alpha value is -1.60. The number of benzene rings is 1. The van der Waals surface area contributed by atoms with E-state index in [2.05, 4.69) is 26.6 Å². The molecular weight excluding hydrogens is 354 g/mol. The summed E-state index contributed by atoms with van der Waals surface area (Å²) in [5.41, 5.74) is 6.57. The lowest BCUT2D eigenvalue weighted by atomic mass is 10.2. The first-order valence-electron chi connectivity index (χ1n) is 6.59. The molecule has 0 saturated carbocycles. The Labute approximate surface area is 134 Å². The van der Waals surface area contributed by atoms with Gasteiger partial charge in [0.25, 0.3) is 5.91 Å². The average molecular weight is 368 g/mol. The first kappa shape index (κ1) is 14.3. The van der Waals surface area contributed by atoms with Crippen molar-refractivity contribution in [2.75, 3.05) is 12.3 Å². The molecule has 2 heterocycles. The maximum atomic E-state index is 12.3. The summed E-state index contributed by atoms with van der Waals surface area (Å²) in [6, 6.07) is 5.77. The number of amides is 2. The molecule has 1 saturated heterocycles. The minimum atomic E-state index is -0.189. The van der Waals surface area contributed by atoms with E-state index in [9.17, 15) is 9.59 Å². The van der Waals surface area contributed by atoms with E-state index in [1.807, 2.05) is 18.2 Å². The second kappa shape index (κ2) is 5.65. The number of hydrogen-bond acceptors (Lipinski definition) is 4. The molecule has 4 N–H and O–H groups in total. The van der Waals surface area contributed by atoms with Gasteiger partial charge in [0.15, 0.2) is 0 Å². The van der Waals surface area contributed by atoms with Gasteiger partial charge in [-0.25, -0.2) is 0 Å². The average Bonchev–Trinajstić information content (AvgIpc) is 3.00. The van der Waals surface area contributed by atoms with Crippen LogP contribution in [0.2, 0.25) is 0 Å². The Balaban J connectivity index is 1.75. The summed E-state index contributed by atoms with van der Waals surface area (Å²) in [4.78, 5) is 23.9. The normalized spacial score (nSPS) is 18.0. The fourth-order valence-corrected chi connectivity index (χ4v) is 3.98. The van der Waals surface area contributed by atoms with E-state index < -0.39 is 0 Å². The molecule has 0 radical (unpaired) electrons. The van der Waals surface area contributed by atoms with Crippen LogP contribution in [0.5, 0.6) is 0 Å². The van der Waals surface area contributed by atoms with Gasteiger partial charge in [-0.05, 0) is 18.6 Å². The molecule has 5 nitrogen and oxygen atoms in total. The molecule has 1 aromatic carbocycles. The van der Waals surface area contributed by atoms with Gasteiger partial charge in [0, 0.05) is 33.6 Å². The van der Waals surface area contributed by atoms with Crippen LogP contribution in [0.15, 0.2) is 22.7 Å². The van der Waals surface area contributed by atoms with Crippen LogP contribution >= 0.6 is 27.3 Å². The predicted octanol–water partition coefficient (Wildman–Crippen LogP) is 2.25. The third-order valence-corrected chi connectivity index (χ3v) is 5.15. The number of nitrogens with two attached hydrogens (primary N) is 1. The summed E-state index contributed by atoms with van der Waals surface area (Å²) in [6.45, 7) is 0.432. The molecule has 0 spiro atoms. The fourth-order valence-electron chi connectivity index (χ4n) is 2.39. The standard InChI is InChI=1S/C14H14BrN3O2S/c15-7-1-3-9-10(5-7)21-13(12(9)16)14(20)17-6-8-2-4-11(19)18-8/h1,3,5,8H,2,4,6,16H2,(H,17,20)(H,18,19). The Bertz CT molecular complexity index is 728. The highest BCUT2D eigenvalue weighted by molar-refractivity contribution is 9.10. The zero-order chi connectivity index (χ0) is 15.0. The summed E-state index contributed by atoms with van der Waals surface area (Å²) in [7, 11) is 0. The van der Waals surface area contributed by atoms with Crippen molar-refractivity contribution in [3.05, 3.63) is 27.5 Å². The number of fused-ring (bicyclic) bond motifs is 1. The van der Waals surface area contributed by atoms with E-state index in [1.54, 1.807) is 0 Å². The van der Waals surface area contributed by atoms with Crippen LogP contribution in [0.1, 0.15) is 22.5 Å². The monoisotopic (exact) mass is 367 g/mol. The van der Waals surface area contributed by atoms with Crippen LogP contribution in [0.25, 0.3) is 10.1 Å². The van der Waals surface area contributed by atoms with Gasteiger partial charge in [-0.1, -0.05) is 22.0 Å². The topological polar surface area (TPSA) is 84.2 Å². The summed E-state index contributed by atoms with van der Waals surface area (Å²) in [5, 5.41) is 6.56. The van der Waals surface area contributed by atoms with Crippen LogP contribution < -0.4 is 16.4 Å². The Kier molecular flexibility index (Phi) is 3.86. The van der Waals surface area contributed by atoms with Crippen LogP contribution in [0.4, 0.5) is 5.69 Å². The zero-order valence-electron chi connectivity index (χ0n) is 11.1. The van der Waals surface area contributed by atoms with Crippen molar-refractivity contribution in [2.24, 2.45) is 0 Å². The molecule has 0 aliphatic carbocycles. The third-order valence-electron chi connectivity index (χ3n) is 3.49. The van der Waals surface area contributed by atoms with Crippen molar-refractivity contribution in [3.8, 4) is 0 Å². The molecule has 2 aromatic rings. The summed E-state index contributed by atoms with van der Waals surface area (Å²) in [5.74, 6) is -0.147. The molecular formula is C14H14BrN3O2S. The first-order chi connectivity index (χ1) is 10.0. The first-order valence-corrected chi connectivity index (χ1v) is 8.20. The van der Waals surface area contributed by atoms with E-state index in [0.29, 0.717) is 23.5 Å². The van der Waals surface area contributed by atoms with Crippen molar-refractivity contribution in [2.45, 2.75) is 18.9 Å². The molecule has 2 amide bonds. The van der Waals surface area contributed by atoms with Crippen molar-refractivity contribution >= 4 is 54.9 Å². The molecule has 1 unspecified atom stereocenters. The van der Waals surface area contributed by atoms with E-state index in [1.165, 1.54) is 11.3 Å². The van der Waals surface area contributed by atoms with E-state index in [-0.39, 0.29) is 17.9 Å². The van der Waals surface area contributed by atoms with E-state index >= 15 is 0 Å². The fraction of sp³-hybridized carbons (Fsp3) is 0.286. The largest absolute Gasteiger partial charge is 0.397 e. The maximum Gasteiger partial charge on any atom is 0.263 e. The highest BCUT2D eigenvalue weighted by Crippen LogP contribution is 2.35. The second-order valence-corrected chi connectivity index (χ2v) is 6.97. The van der Waals surface area contributed by atoms with Gasteiger partial charge in [-0.2, -0.15) is 0 Å². The quantitative estimate of drug-likeness (QED) is 0.777. The smallest absolute Gasteiger partial charge is 0.263 e. The maximum absolute atomic E-state index is 12.3. The number of carbonyl (C=O) groups excluding carboxylic acids is 2. The SMILES string of the molecule is Nc1c(C(=O)NCC2CCC(=O)N2)sc2cc(Br)ccc12. The number of hydrogen-bond donors (Lipinski definition) is 3. The number of nitrogen functional groups attached to an aromatic ring is 1. The molecule has 110 valence electrons. The number of carbonyl (C=O) groups is 2. The number of rotatable bonds is 3. The van der Waals surface area contributed by atoms with E-state index in [0.717, 1.165) is 21.0 Å². The highest BCUT2D eigenvalue weighted by atomic mass is 79.9. The summed E-state index contributed by atoms with van der Waals surface area (Å²) >= 11 is 4.78. The van der Waals surface area contributed by atoms with Crippen molar-refractivity contribution < 1.29 is 9.59 Å². The number of halogens is 1. The van der Waals surface area contributed by atoms with Gasteiger partial charge < -0.3 is 16.4 Å². The number of nitrogens with one attached hydrogen (secondary N) is 2. The molecule has 1 fully saturated rings. The minimum absolute atomic E-state index is 0.0196. The Morgan fingerprint density at radius 3 is 3.05 bits per heavy atom. The molecule has 1 aromatic heterocycles. The van der Waals surface area contributed by atoms with Gasteiger partial charge in [-0.15, -0.1) is 11.3 Å². The molecule has 1 atom stereocenters. The number of anilines is 1. The molecule has 1 aliphatic rings. The minimum Gasteiger partial charge on any atom is -0.397 e. The summed E-state index contributed by atoms with van der Waals surface area (Å²) in [6.07, 6.45) is 1.29. The van der Waals surface area contributed by atoms with Gasteiger partial charge in [-0.3, -0.25) is 9.59 Å². The zero-order valence-corrected chi connectivity index (χ0v) is 13.5. The molecule has 3 rings (SSSR count). The Morgan fingerprint density at radius 1 is 1.52 bits per heavy atom. The van der Waals surface area contributed by atoms with Crippen LogP contribution in [0, 0.1) is 0 Å².